The van der Waals surface area contributed by atoms with Gasteiger partial charge in [-0.05, 0) is 37.6 Å². The number of rotatable bonds is 6. The third-order valence-electron chi connectivity index (χ3n) is 4.40. The van der Waals surface area contributed by atoms with Gasteiger partial charge in [0.15, 0.2) is 0 Å². The minimum atomic E-state index is -0.704. The lowest BCUT2D eigenvalue weighted by molar-refractivity contribution is -0.120. The summed E-state index contributed by atoms with van der Waals surface area (Å²) in [5, 5.41) is 13.2. The molecule has 2 heterocycles. The van der Waals surface area contributed by atoms with Crippen molar-refractivity contribution in [3.8, 4) is 0 Å². The van der Waals surface area contributed by atoms with E-state index in [1.54, 1.807) is 18.4 Å². The van der Waals surface area contributed by atoms with E-state index in [1.165, 1.54) is 0 Å². The number of morpholine rings is 1. The predicted octanol–water partition coefficient (Wildman–Crippen LogP) is 2.35. The number of ether oxygens (including phenoxy) is 1. The number of carbonyl (C=O) groups excluding carboxylic acids is 1. The van der Waals surface area contributed by atoms with Gasteiger partial charge in [0.2, 0.25) is 5.91 Å². The minimum absolute atomic E-state index is 0.0300. The minimum Gasteiger partial charge on any atom is -0.467 e. The van der Waals surface area contributed by atoms with E-state index < -0.39 is 6.10 Å². The highest BCUT2D eigenvalue weighted by atomic mass is 16.5. The molecule has 1 aliphatic rings. The molecular weight excluding hydrogens is 320 g/mol. The molecule has 6 heteroatoms. The maximum absolute atomic E-state index is 12.4. The zero-order valence-corrected chi connectivity index (χ0v) is 14.4. The smallest absolute Gasteiger partial charge is 0.238 e. The Balaban J connectivity index is 1.56. The average molecular weight is 344 g/mol. The maximum atomic E-state index is 12.4. The van der Waals surface area contributed by atoms with E-state index in [4.69, 9.17) is 9.15 Å². The Morgan fingerprint density at radius 3 is 2.88 bits per heavy atom. The molecule has 0 aliphatic carbocycles. The van der Waals surface area contributed by atoms with E-state index in [0.717, 1.165) is 11.3 Å². The van der Waals surface area contributed by atoms with Gasteiger partial charge in [-0.15, -0.1) is 0 Å². The number of hydrogen-bond donors (Lipinski definition) is 2. The van der Waals surface area contributed by atoms with Gasteiger partial charge in [-0.2, -0.15) is 0 Å². The summed E-state index contributed by atoms with van der Waals surface area (Å²) in [6, 6.07) is 11.2. The number of aliphatic hydroxyl groups is 1. The van der Waals surface area contributed by atoms with Gasteiger partial charge in [-0.3, -0.25) is 9.69 Å². The summed E-state index contributed by atoms with van der Waals surface area (Å²) >= 11 is 0. The highest BCUT2D eigenvalue weighted by Crippen LogP contribution is 2.23. The fraction of sp³-hybridized carbons (Fsp3) is 0.421. The second kappa shape index (κ2) is 8.29. The molecule has 0 bridgehead atoms. The van der Waals surface area contributed by atoms with Crippen LogP contribution in [0.4, 0.5) is 5.69 Å². The van der Waals surface area contributed by atoms with Crippen molar-refractivity contribution < 1.29 is 19.1 Å². The maximum Gasteiger partial charge on any atom is 0.238 e. The van der Waals surface area contributed by atoms with E-state index in [2.05, 4.69) is 10.2 Å². The van der Waals surface area contributed by atoms with Crippen LogP contribution in [0.3, 0.4) is 0 Å². The van der Waals surface area contributed by atoms with Crippen molar-refractivity contribution in [2.75, 3.05) is 31.6 Å². The SMILES string of the molecule is Cc1ccc(NC(=O)CN2CCOC[C@H]2C[C@H](O)c2ccco2)cc1. The summed E-state index contributed by atoms with van der Waals surface area (Å²) in [5.74, 6) is 0.470. The van der Waals surface area contributed by atoms with Crippen LogP contribution in [0.25, 0.3) is 0 Å². The number of nitrogens with one attached hydrogen (secondary N) is 1. The highest BCUT2D eigenvalue weighted by Gasteiger charge is 2.28. The number of benzene rings is 1. The molecule has 25 heavy (non-hydrogen) atoms. The van der Waals surface area contributed by atoms with Crippen LogP contribution < -0.4 is 5.32 Å². The lowest BCUT2D eigenvalue weighted by Crippen LogP contribution is -2.49. The first kappa shape index (κ1) is 17.7. The van der Waals surface area contributed by atoms with E-state index in [-0.39, 0.29) is 18.5 Å². The van der Waals surface area contributed by atoms with Crippen LogP contribution in [0.15, 0.2) is 47.1 Å². The predicted molar refractivity (Wildman–Crippen MR) is 94.3 cm³/mol. The Hall–Kier alpha value is -2.15. The Kier molecular flexibility index (Phi) is 5.86. The van der Waals surface area contributed by atoms with Crippen molar-refractivity contribution in [1.82, 2.24) is 4.90 Å². The summed E-state index contributed by atoms with van der Waals surface area (Å²) in [5.41, 5.74) is 1.94. The molecule has 1 aliphatic heterocycles. The Morgan fingerprint density at radius 1 is 1.36 bits per heavy atom. The summed E-state index contributed by atoms with van der Waals surface area (Å²) < 4.78 is 10.8. The van der Waals surface area contributed by atoms with E-state index in [1.807, 2.05) is 31.2 Å². The number of furan rings is 1. The number of amides is 1. The molecule has 3 rings (SSSR count). The lowest BCUT2D eigenvalue weighted by Gasteiger charge is -2.35. The van der Waals surface area contributed by atoms with Crippen molar-refractivity contribution in [2.45, 2.75) is 25.5 Å². The largest absolute Gasteiger partial charge is 0.467 e. The van der Waals surface area contributed by atoms with Gasteiger partial charge in [0.05, 0.1) is 26.0 Å². The van der Waals surface area contributed by atoms with Crippen LogP contribution in [0.5, 0.6) is 0 Å². The fourth-order valence-corrected chi connectivity index (χ4v) is 2.99. The molecule has 1 aromatic carbocycles. The van der Waals surface area contributed by atoms with Crippen LogP contribution in [-0.2, 0) is 9.53 Å². The molecule has 1 amide bonds. The van der Waals surface area contributed by atoms with Gasteiger partial charge < -0.3 is 19.6 Å². The van der Waals surface area contributed by atoms with Crippen molar-refractivity contribution in [3.63, 3.8) is 0 Å². The number of aliphatic hydroxyl groups excluding tert-OH is 1. The molecule has 2 N–H and O–H groups in total. The van der Waals surface area contributed by atoms with Crippen molar-refractivity contribution in [1.29, 1.82) is 0 Å². The molecule has 6 nitrogen and oxygen atoms in total. The van der Waals surface area contributed by atoms with E-state index in [0.29, 0.717) is 31.9 Å². The third-order valence-corrected chi connectivity index (χ3v) is 4.40. The lowest BCUT2D eigenvalue weighted by atomic mass is 10.1. The van der Waals surface area contributed by atoms with Gasteiger partial charge >= 0.3 is 0 Å². The molecule has 0 unspecified atom stereocenters. The van der Waals surface area contributed by atoms with Crippen molar-refractivity contribution in [3.05, 3.63) is 54.0 Å². The van der Waals surface area contributed by atoms with Gasteiger partial charge in [-0.25, -0.2) is 0 Å². The highest BCUT2D eigenvalue weighted by molar-refractivity contribution is 5.92. The van der Waals surface area contributed by atoms with Crippen molar-refractivity contribution in [2.24, 2.45) is 0 Å². The zero-order chi connectivity index (χ0) is 17.6. The standard InChI is InChI=1S/C19H24N2O4/c1-14-4-6-15(7-5-14)20-19(23)12-21-8-10-24-13-16(21)11-17(22)18-3-2-9-25-18/h2-7,9,16-17,22H,8,10-13H2,1H3,(H,20,23)/t16-,17+/m1/s1. The second-order valence-electron chi connectivity index (χ2n) is 6.38. The first-order valence-corrected chi connectivity index (χ1v) is 8.51. The molecule has 1 aromatic heterocycles. The topological polar surface area (TPSA) is 74.9 Å². The molecule has 134 valence electrons. The molecule has 0 radical (unpaired) electrons. The summed E-state index contributed by atoms with van der Waals surface area (Å²) in [6.45, 7) is 4.03. The number of hydrogen-bond acceptors (Lipinski definition) is 5. The monoisotopic (exact) mass is 344 g/mol. The van der Waals surface area contributed by atoms with Crippen LogP contribution >= 0.6 is 0 Å². The van der Waals surface area contributed by atoms with Crippen LogP contribution in [0.2, 0.25) is 0 Å². The third kappa shape index (κ3) is 4.92. The molecule has 1 fully saturated rings. The van der Waals surface area contributed by atoms with E-state index >= 15 is 0 Å². The molecule has 0 saturated carbocycles. The molecule has 2 atom stereocenters. The quantitative estimate of drug-likeness (QED) is 0.841. The summed E-state index contributed by atoms with van der Waals surface area (Å²) in [7, 11) is 0. The Bertz CT molecular complexity index is 669. The van der Waals surface area contributed by atoms with Crippen LogP contribution in [0.1, 0.15) is 23.8 Å². The Morgan fingerprint density at radius 2 is 2.16 bits per heavy atom. The molecule has 1 saturated heterocycles. The number of carbonyl (C=O) groups is 1. The van der Waals surface area contributed by atoms with Gasteiger partial charge in [0.25, 0.3) is 0 Å². The molecule has 0 spiro atoms. The van der Waals surface area contributed by atoms with Gasteiger partial charge in [0.1, 0.15) is 11.9 Å². The number of aryl methyl sites for hydroxylation is 1. The first-order chi connectivity index (χ1) is 12.1. The van der Waals surface area contributed by atoms with Crippen LogP contribution in [0, 0.1) is 6.92 Å². The van der Waals surface area contributed by atoms with Crippen molar-refractivity contribution >= 4 is 11.6 Å². The zero-order valence-electron chi connectivity index (χ0n) is 14.4. The van der Waals surface area contributed by atoms with Gasteiger partial charge in [0, 0.05) is 18.3 Å². The van der Waals surface area contributed by atoms with Crippen LogP contribution in [-0.4, -0.2) is 48.3 Å². The number of nitrogens with zero attached hydrogens (tertiary/aromatic N) is 1. The first-order valence-electron chi connectivity index (χ1n) is 8.51. The second-order valence-corrected chi connectivity index (χ2v) is 6.38. The fourth-order valence-electron chi connectivity index (χ4n) is 2.99. The molecule has 2 aromatic rings. The van der Waals surface area contributed by atoms with Gasteiger partial charge in [-0.1, -0.05) is 17.7 Å². The number of anilines is 1. The van der Waals surface area contributed by atoms with E-state index in [9.17, 15) is 9.90 Å². The Labute approximate surface area is 147 Å². The average Bonchev–Trinajstić information content (AvgIpc) is 3.13. The normalized spacial score (nSPS) is 19.5. The summed E-state index contributed by atoms with van der Waals surface area (Å²) in [6.07, 6.45) is 1.30. The summed E-state index contributed by atoms with van der Waals surface area (Å²) in [4.78, 5) is 14.4. The molecular formula is C19H24N2O4.